The lowest BCUT2D eigenvalue weighted by Crippen LogP contribution is -2.44. The molecule has 0 bridgehead atoms. The highest BCUT2D eigenvalue weighted by molar-refractivity contribution is 7.98. The molecule has 0 heterocycles. The van der Waals surface area contributed by atoms with E-state index in [1.165, 1.54) is 11.0 Å². The molecule has 140 valence electrons. The van der Waals surface area contributed by atoms with Crippen LogP contribution in [0.25, 0.3) is 0 Å². The number of halogens is 1. The van der Waals surface area contributed by atoms with Gasteiger partial charge in [0.15, 0.2) is 5.96 Å². The Kier molecular flexibility index (Phi) is 8.75. The van der Waals surface area contributed by atoms with Crippen LogP contribution in [-0.4, -0.2) is 62.5 Å². The van der Waals surface area contributed by atoms with E-state index in [4.69, 9.17) is 0 Å². The highest BCUT2D eigenvalue weighted by Gasteiger charge is 2.21. The highest BCUT2D eigenvalue weighted by Crippen LogP contribution is 2.22. The molecule has 5 nitrogen and oxygen atoms in total. The Bertz CT molecular complexity index is 590. The van der Waals surface area contributed by atoms with Crippen LogP contribution in [0.15, 0.2) is 29.3 Å². The average molecular weight is 369 g/mol. The molecule has 0 unspecified atom stereocenters. The van der Waals surface area contributed by atoms with Crippen LogP contribution in [0.4, 0.5) is 4.39 Å². The minimum Gasteiger partial charge on any atom is -0.356 e. The fourth-order valence-corrected chi connectivity index (χ4v) is 2.36. The van der Waals surface area contributed by atoms with Crippen molar-refractivity contribution in [2.45, 2.75) is 19.3 Å². The summed E-state index contributed by atoms with van der Waals surface area (Å²) < 4.78 is 13.5. The van der Waals surface area contributed by atoms with Crippen molar-refractivity contribution >= 4 is 23.6 Å². The van der Waals surface area contributed by atoms with Crippen molar-refractivity contribution < 1.29 is 9.18 Å². The van der Waals surface area contributed by atoms with Crippen LogP contribution < -0.4 is 10.6 Å². The van der Waals surface area contributed by atoms with E-state index in [2.05, 4.69) is 15.6 Å². The van der Waals surface area contributed by atoms with Crippen molar-refractivity contribution in [3.63, 3.8) is 0 Å². The molecule has 0 aliphatic rings. The lowest BCUT2D eigenvalue weighted by Gasteiger charge is -2.27. The summed E-state index contributed by atoms with van der Waals surface area (Å²) in [5.74, 6) is 1.23. The van der Waals surface area contributed by atoms with Crippen LogP contribution in [0.3, 0.4) is 0 Å². The number of aliphatic imine (C=N–C) groups is 1. The zero-order valence-corrected chi connectivity index (χ0v) is 16.5. The quantitative estimate of drug-likeness (QED) is 0.419. The summed E-state index contributed by atoms with van der Waals surface area (Å²) in [5, 5.41) is 6.49. The topological polar surface area (TPSA) is 56.7 Å². The number of hydrogen-bond donors (Lipinski definition) is 2. The summed E-state index contributed by atoms with van der Waals surface area (Å²) in [6.45, 7) is 5.49. The van der Waals surface area contributed by atoms with Crippen molar-refractivity contribution in [3.8, 4) is 0 Å². The first-order valence-electron chi connectivity index (χ1n) is 8.23. The molecule has 1 aromatic rings. The summed E-state index contributed by atoms with van der Waals surface area (Å²) in [6, 6.07) is 6.62. The monoisotopic (exact) mass is 368 g/mol. The smallest absolute Gasteiger partial charge is 0.243 e. The Balaban J connectivity index is 2.75. The predicted molar refractivity (Wildman–Crippen MR) is 105 cm³/mol. The van der Waals surface area contributed by atoms with Crippen LogP contribution in [-0.2, 0) is 10.2 Å². The molecule has 25 heavy (non-hydrogen) atoms. The van der Waals surface area contributed by atoms with E-state index >= 15 is 0 Å². The standard InChI is InChI=1S/C18H29FN4OS/c1-18(2,14-7-6-8-15(19)11-14)13-22-17(20-9-10-25-5)21-12-16(24)23(3)4/h6-8,11H,9-10,12-13H2,1-5H3,(H2,20,21,22). The lowest BCUT2D eigenvalue weighted by molar-refractivity contribution is -0.127. The molecular formula is C18H29FN4OS. The van der Waals surface area contributed by atoms with Gasteiger partial charge in [0.1, 0.15) is 12.4 Å². The first-order chi connectivity index (χ1) is 11.8. The van der Waals surface area contributed by atoms with Gasteiger partial charge in [-0.05, 0) is 24.0 Å². The number of thioether (sulfide) groups is 1. The van der Waals surface area contributed by atoms with Gasteiger partial charge >= 0.3 is 0 Å². The second kappa shape index (κ2) is 10.3. The number of nitrogens with zero attached hydrogens (tertiary/aromatic N) is 2. The second-order valence-corrected chi connectivity index (χ2v) is 7.61. The molecule has 0 saturated heterocycles. The van der Waals surface area contributed by atoms with Gasteiger partial charge in [-0.2, -0.15) is 11.8 Å². The summed E-state index contributed by atoms with van der Waals surface area (Å²) in [6.07, 6.45) is 2.04. The number of hydrogen-bond acceptors (Lipinski definition) is 3. The molecule has 0 radical (unpaired) electrons. The van der Waals surface area contributed by atoms with Gasteiger partial charge in [-0.15, -0.1) is 0 Å². The van der Waals surface area contributed by atoms with E-state index in [-0.39, 0.29) is 23.7 Å². The van der Waals surface area contributed by atoms with Crippen molar-refractivity contribution in [2.24, 2.45) is 4.99 Å². The van der Waals surface area contributed by atoms with Gasteiger partial charge in [0.25, 0.3) is 0 Å². The van der Waals surface area contributed by atoms with E-state index in [1.807, 2.05) is 26.2 Å². The zero-order valence-electron chi connectivity index (χ0n) is 15.7. The number of likely N-dealkylation sites (N-methyl/N-ethyl adjacent to an activating group) is 1. The normalized spacial score (nSPS) is 12.0. The highest BCUT2D eigenvalue weighted by atomic mass is 32.2. The van der Waals surface area contributed by atoms with E-state index in [0.717, 1.165) is 17.9 Å². The van der Waals surface area contributed by atoms with E-state index < -0.39 is 0 Å². The Morgan fingerprint density at radius 2 is 2.04 bits per heavy atom. The van der Waals surface area contributed by atoms with Crippen LogP contribution in [0, 0.1) is 5.82 Å². The van der Waals surface area contributed by atoms with Crippen LogP contribution in [0.5, 0.6) is 0 Å². The van der Waals surface area contributed by atoms with E-state index in [9.17, 15) is 9.18 Å². The van der Waals surface area contributed by atoms with Crippen molar-refractivity contribution in [1.29, 1.82) is 0 Å². The molecule has 0 fully saturated rings. The maximum atomic E-state index is 13.5. The first-order valence-corrected chi connectivity index (χ1v) is 9.63. The van der Waals surface area contributed by atoms with Crippen LogP contribution >= 0.6 is 11.8 Å². The number of rotatable bonds is 8. The van der Waals surface area contributed by atoms with Crippen molar-refractivity contribution in [1.82, 2.24) is 15.5 Å². The molecule has 2 N–H and O–H groups in total. The Morgan fingerprint density at radius 1 is 1.32 bits per heavy atom. The first kappa shape index (κ1) is 21.3. The Labute approximate surface area is 154 Å². The van der Waals surface area contributed by atoms with Gasteiger partial charge in [0.2, 0.25) is 5.91 Å². The lowest BCUT2D eigenvalue weighted by atomic mass is 9.84. The van der Waals surface area contributed by atoms with Gasteiger partial charge in [0.05, 0.1) is 0 Å². The fraction of sp³-hybridized carbons (Fsp3) is 0.556. The molecule has 0 aromatic heterocycles. The molecule has 1 amide bonds. The van der Waals surface area contributed by atoms with Gasteiger partial charge in [0, 0.05) is 38.4 Å². The molecule has 0 aliphatic heterocycles. The van der Waals surface area contributed by atoms with Gasteiger partial charge in [-0.1, -0.05) is 26.0 Å². The van der Waals surface area contributed by atoms with Crippen LogP contribution in [0.2, 0.25) is 0 Å². The summed E-state index contributed by atoms with van der Waals surface area (Å²) in [7, 11) is 3.42. The summed E-state index contributed by atoms with van der Waals surface area (Å²) in [4.78, 5) is 17.6. The molecular weight excluding hydrogens is 339 g/mol. The average Bonchev–Trinajstić information content (AvgIpc) is 2.56. The van der Waals surface area contributed by atoms with Gasteiger partial charge in [-0.3, -0.25) is 4.79 Å². The molecule has 0 atom stereocenters. The maximum Gasteiger partial charge on any atom is 0.243 e. The minimum absolute atomic E-state index is 0.0599. The number of nitrogens with one attached hydrogen (secondary N) is 2. The van der Waals surface area contributed by atoms with E-state index in [1.54, 1.807) is 38.0 Å². The number of guanidine groups is 1. The van der Waals surface area contributed by atoms with Gasteiger partial charge < -0.3 is 15.5 Å². The van der Waals surface area contributed by atoms with Gasteiger partial charge in [-0.25, -0.2) is 9.38 Å². The fourth-order valence-electron chi connectivity index (χ4n) is 2.05. The number of amides is 1. The summed E-state index contributed by atoms with van der Waals surface area (Å²) >= 11 is 1.73. The molecule has 1 aromatic carbocycles. The molecule has 7 heteroatoms. The summed E-state index contributed by atoms with van der Waals surface area (Å²) in [5.41, 5.74) is 0.628. The molecule has 0 spiro atoms. The molecule has 0 saturated carbocycles. The predicted octanol–water partition coefficient (Wildman–Crippen LogP) is 2.09. The maximum absolute atomic E-state index is 13.5. The zero-order chi connectivity index (χ0) is 18.9. The largest absolute Gasteiger partial charge is 0.356 e. The third-order valence-corrected chi connectivity index (χ3v) is 4.39. The Morgan fingerprint density at radius 3 is 2.64 bits per heavy atom. The van der Waals surface area contributed by atoms with E-state index in [0.29, 0.717) is 12.5 Å². The second-order valence-electron chi connectivity index (χ2n) is 6.62. The number of carbonyl (C=O) groups is 1. The van der Waals surface area contributed by atoms with Crippen molar-refractivity contribution in [3.05, 3.63) is 35.6 Å². The third-order valence-electron chi connectivity index (χ3n) is 3.77. The molecule has 1 rings (SSSR count). The van der Waals surface area contributed by atoms with Crippen molar-refractivity contribution in [2.75, 3.05) is 45.7 Å². The minimum atomic E-state index is -0.282. The number of benzene rings is 1. The SMILES string of the molecule is CSCCNC(=NCC(=O)N(C)C)NCC(C)(C)c1cccc(F)c1. The Hall–Kier alpha value is -1.76. The molecule has 0 aliphatic carbocycles. The number of carbonyl (C=O) groups excluding carboxylic acids is 1. The van der Waals surface area contributed by atoms with Crippen LogP contribution in [0.1, 0.15) is 19.4 Å². The third kappa shape index (κ3) is 7.77.